The van der Waals surface area contributed by atoms with E-state index in [1.165, 1.54) is 60.7 Å². The van der Waals surface area contributed by atoms with Gasteiger partial charge in [-0.2, -0.15) is 13.2 Å². The van der Waals surface area contributed by atoms with Crippen LogP contribution in [0.15, 0.2) is 106 Å². The third kappa shape index (κ3) is 4.48. The molecule has 0 saturated heterocycles. The SMILES string of the molecule is O=S(=O)(/C(=C(\Sc1ccccc1)C(F)(F)F)c1ccccc1)c1ccccc1. The Morgan fingerprint density at radius 3 is 1.68 bits per heavy atom. The highest BCUT2D eigenvalue weighted by Gasteiger charge is 2.41. The predicted molar refractivity (Wildman–Crippen MR) is 105 cm³/mol. The number of allylic oxidation sites excluding steroid dienone is 1. The number of sulfone groups is 1. The summed E-state index contributed by atoms with van der Waals surface area (Å²) in [5.74, 6) is 0. The minimum atomic E-state index is -4.85. The molecule has 0 N–H and O–H groups in total. The van der Waals surface area contributed by atoms with Gasteiger partial charge in [0.2, 0.25) is 9.84 Å². The molecular weight excluding hydrogens is 405 g/mol. The van der Waals surface area contributed by atoms with E-state index >= 15 is 0 Å². The Hall–Kier alpha value is -2.51. The van der Waals surface area contributed by atoms with Crippen LogP contribution in [0.1, 0.15) is 5.56 Å². The molecule has 0 atom stereocenters. The molecule has 2 nitrogen and oxygen atoms in total. The Morgan fingerprint density at radius 1 is 0.714 bits per heavy atom. The van der Waals surface area contributed by atoms with E-state index in [4.69, 9.17) is 0 Å². The summed E-state index contributed by atoms with van der Waals surface area (Å²) in [4.78, 5) is -1.81. The van der Waals surface area contributed by atoms with E-state index in [2.05, 4.69) is 0 Å². The van der Waals surface area contributed by atoms with Crippen molar-refractivity contribution >= 4 is 26.5 Å². The topological polar surface area (TPSA) is 34.1 Å². The molecule has 28 heavy (non-hydrogen) atoms. The van der Waals surface area contributed by atoms with Crippen molar-refractivity contribution in [3.05, 3.63) is 101 Å². The van der Waals surface area contributed by atoms with Crippen LogP contribution in [0.5, 0.6) is 0 Å². The van der Waals surface area contributed by atoms with Gasteiger partial charge in [-0.3, -0.25) is 0 Å². The molecule has 3 aromatic carbocycles. The van der Waals surface area contributed by atoms with Gasteiger partial charge in [-0.1, -0.05) is 78.5 Å². The summed E-state index contributed by atoms with van der Waals surface area (Å²) in [6, 6.07) is 22.4. The van der Waals surface area contributed by atoms with E-state index in [1.54, 1.807) is 30.3 Å². The Balaban J connectivity index is 2.32. The third-order valence-electron chi connectivity index (χ3n) is 3.79. The van der Waals surface area contributed by atoms with Crippen LogP contribution in [0.25, 0.3) is 4.91 Å². The zero-order valence-electron chi connectivity index (χ0n) is 14.4. The van der Waals surface area contributed by atoms with Gasteiger partial charge in [-0.15, -0.1) is 0 Å². The van der Waals surface area contributed by atoms with Crippen LogP contribution in [-0.4, -0.2) is 14.6 Å². The van der Waals surface area contributed by atoms with Crippen molar-refractivity contribution in [1.82, 2.24) is 0 Å². The van der Waals surface area contributed by atoms with Gasteiger partial charge in [0, 0.05) is 4.90 Å². The Kier molecular flexibility index (Phi) is 5.96. The summed E-state index contributed by atoms with van der Waals surface area (Å²) in [5, 5.41) is 0. The Bertz CT molecular complexity index is 1060. The molecule has 7 heteroatoms. The first-order chi connectivity index (χ1) is 13.3. The molecule has 0 aliphatic rings. The lowest BCUT2D eigenvalue weighted by molar-refractivity contribution is -0.0829. The first-order valence-electron chi connectivity index (χ1n) is 8.20. The van der Waals surface area contributed by atoms with E-state index in [0.29, 0.717) is 16.7 Å². The highest BCUT2D eigenvalue weighted by Crippen LogP contribution is 2.46. The summed E-state index contributed by atoms with van der Waals surface area (Å²) in [7, 11) is -4.42. The molecule has 144 valence electrons. The van der Waals surface area contributed by atoms with Gasteiger partial charge >= 0.3 is 6.18 Å². The van der Waals surface area contributed by atoms with E-state index in [9.17, 15) is 21.6 Å². The number of rotatable bonds is 5. The van der Waals surface area contributed by atoms with Gasteiger partial charge in [0.15, 0.2) is 0 Å². The number of benzene rings is 3. The molecule has 0 unspecified atom stereocenters. The molecule has 0 amide bonds. The van der Waals surface area contributed by atoms with Crippen molar-refractivity contribution in [3.8, 4) is 0 Å². The molecule has 0 radical (unpaired) electrons. The quantitative estimate of drug-likeness (QED) is 0.462. The largest absolute Gasteiger partial charge is 0.423 e. The summed E-state index contributed by atoms with van der Waals surface area (Å²) in [6.07, 6.45) is -4.85. The number of thioether (sulfide) groups is 1. The highest BCUT2D eigenvalue weighted by molar-refractivity contribution is 8.06. The minimum Gasteiger partial charge on any atom is -0.218 e. The minimum absolute atomic E-state index is 0.0119. The van der Waals surface area contributed by atoms with Crippen LogP contribution in [0.4, 0.5) is 13.2 Å². The van der Waals surface area contributed by atoms with Gasteiger partial charge in [-0.25, -0.2) is 8.42 Å². The molecule has 0 saturated carbocycles. The van der Waals surface area contributed by atoms with Gasteiger partial charge in [-0.05, 0) is 29.8 Å². The molecule has 0 aromatic heterocycles. The standard InChI is InChI=1S/C21H15F3O2S2/c22-21(23,24)20(27-17-12-6-2-7-13-17)19(16-10-4-1-5-11-16)28(25,26)18-14-8-3-9-15-18/h1-15H/b20-19-. The van der Waals surface area contributed by atoms with Crippen molar-refractivity contribution in [3.63, 3.8) is 0 Å². The lowest BCUT2D eigenvalue weighted by Crippen LogP contribution is -2.16. The van der Waals surface area contributed by atoms with Gasteiger partial charge in [0.25, 0.3) is 0 Å². The normalized spacial score (nSPS) is 13.1. The van der Waals surface area contributed by atoms with E-state index < -0.39 is 25.8 Å². The van der Waals surface area contributed by atoms with Gasteiger partial charge in [0.1, 0.15) is 4.91 Å². The van der Waals surface area contributed by atoms with Crippen molar-refractivity contribution in [2.75, 3.05) is 0 Å². The van der Waals surface area contributed by atoms with Crippen LogP contribution in [-0.2, 0) is 9.84 Å². The maximum absolute atomic E-state index is 14.0. The summed E-state index contributed by atoms with van der Waals surface area (Å²) < 4.78 is 68.6. The smallest absolute Gasteiger partial charge is 0.218 e. The molecule has 0 fully saturated rings. The van der Waals surface area contributed by atoms with Crippen LogP contribution in [0.3, 0.4) is 0 Å². The fraction of sp³-hybridized carbons (Fsp3) is 0.0476. The molecule has 0 heterocycles. The maximum atomic E-state index is 14.0. The first kappa shape index (κ1) is 20.2. The molecule has 0 aliphatic carbocycles. The van der Waals surface area contributed by atoms with Crippen molar-refractivity contribution in [2.24, 2.45) is 0 Å². The lowest BCUT2D eigenvalue weighted by Gasteiger charge is -2.18. The third-order valence-corrected chi connectivity index (χ3v) is 6.93. The van der Waals surface area contributed by atoms with Gasteiger partial charge < -0.3 is 0 Å². The van der Waals surface area contributed by atoms with Gasteiger partial charge in [0.05, 0.1) is 9.80 Å². The number of hydrogen-bond donors (Lipinski definition) is 0. The second-order valence-electron chi connectivity index (χ2n) is 5.75. The first-order valence-corrected chi connectivity index (χ1v) is 10.5. The number of halogens is 3. The monoisotopic (exact) mass is 420 g/mol. The molecule has 0 aliphatic heterocycles. The highest BCUT2D eigenvalue weighted by atomic mass is 32.2. The Morgan fingerprint density at radius 2 is 1.18 bits per heavy atom. The molecule has 0 spiro atoms. The van der Waals surface area contributed by atoms with E-state index in [0.717, 1.165) is 0 Å². The Labute approximate surface area is 165 Å². The summed E-state index contributed by atoms with van der Waals surface area (Å²) >= 11 is 0.396. The van der Waals surface area contributed by atoms with E-state index in [1.807, 2.05) is 0 Å². The molecule has 3 rings (SSSR count). The maximum Gasteiger partial charge on any atom is 0.423 e. The van der Waals surface area contributed by atoms with Crippen LogP contribution < -0.4 is 0 Å². The van der Waals surface area contributed by atoms with E-state index in [-0.39, 0.29) is 10.5 Å². The van der Waals surface area contributed by atoms with Crippen molar-refractivity contribution in [2.45, 2.75) is 16.0 Å². The van der Waals surface area contributed by atoms with Crippen molar-refractivity contribution < 1.29 is 21.6 Å². The summed E-state index contributed by atoms with van der Waals surface area (Å²) in [6.45, 7) is 0. The molecular formula is C21H15F3O2S2. The lowest BCUT2D eigenvalue weighted by atomic mass is 10.2. The van der Waals surface area contributed by atoms with Crippen molar-refractivity contribution in [1.29, 1.82) is 0 Å². The second kappa shape index (κ2) is 8.24. The number of hydrogen-bond acceptors (Lipinski definition) is 3. The average molecular weight is 420 g/mol. The van der Waals surface area contributed by atoms with Crippen LogP contribution in [0.2, 0.25) is 0 Å². The van der Waals surface area contributed by atoms with Crippen LogP contribution in [0, 0.1) is 0 Å². The number of alkyl halides is 3. The fourth-order valence-corrected chi connectivity index (χ4v) is 5.42. The summed E-state index contributed by atoms with van der Waals surface area (Å²) in [5.41, 5.74) is -0.0119. The zero-order valence-corrected chi connectivity index (χ0v) is 16.1. The predicted octanol–water partition coefficient (Wildman–Crippen LogP) is 6.18. The molecule has 0 bridgehead atoms. The van der Waals surface area contributed by atoms with Crippen LogP contribution >= 0.6 is 11.8 Å². The molecule has 3 aromatic rings. The second-order valence-corrected chi connectivity index (χ2v) is 8.72. The fourth-order valence-electron chi connectivity index (χ4n) is 2.55. The zero-order chi connectivity index (χ0) is 20.2. The average Bonchev–Trinajstić information content (AvgIpc) is 2.69.